The molecule has 0 spiro atoms. The van der Waals surface area contributed by atoms with Crippen LogP contribution in [0.25, 0.3) is 0 Å². The zero-order valence-corrected chi connectivity index (χ0v) is 10.6. The average molecular weight is 251 g/mol. The summed E-state index contributed by atoms with van der Waals surface area (Å²) in [7, 11) is 0. The smallest absolute Gasteiger partial charge is 0.290 e. The van der Waals surface area contributed by atoms with Gasteiger partial charge in [0.2, 0.25) is 0 Å². The summed E-state index contributed by atoms with van der Waals surface area (Å²) in [5.41, 5.74) is 0.0527. The molecule has 0 saturated carbocycles. The fourth-order valence-corrected chi connectivity index (χ4v) is 2.12. The van der Waals surface area contributed by atoms with Gasteiger partial charge in [0, 0.05) is 18.7 Å². The maximum atomic E-state index is 10.7. The van der Waals surface area contributed by atoms with Crippen LogP contribution in [0.15, 0.2) is 12.3 Å². The molecule has 0 radical (unpaired) electrons. The van der Waals surface area contributed by atoms with Gasteiger partial charge >= 0.3 is 0 Å². The Morgan fingerprint density at radius 3 is 2.61 bits per heavy atom. The van der Waals surface area contributed by atoms with Crippen molar-refractivity contribution in [2.75, 3.05) is 18.0 Å². The molecule has 1 fully saturated rings. The summed E-state index contributed by atoms with van der Waals surface area (Å²) in [6, 6.07) is 1.73. The van der Waals surface area contributed by atoms with E-state index < -0.39 is 10.5 Å². The van der Waals surface area contributed by atoms with Crippen LogP contribution in [0.2, 0.25) is 0 Å². The van der Waals surface area contributed by atoms with E-state index in [0.717, 1.165) is 18.9 Å². The summed E-state index contributed by atoms with van der Waals surface area (Å²) in [6.07, 6.45) is 2.67. The van der Waals surface area contributed by atoms with E-state index in [0.29, 0.717) is 18.4 Å². The van der Waals surface area contributed by atoms with Crippen molar-refractivity contribution in [1.29, 1.82) is 0 Å². The summed E-state index contributed by atoms with van der Waals surface area (Å²) in [5.74, 6) is 0.744. The van der Waals surface area contributed by atoms with Crippen molar-refractivity contribution in [2.24, 2.45) is 0 Å². The van der Waals surface area contributed by atoms with Gasteiger partial charge in [-0.3, -0.25) is 10.1 Å². The van der Waals surface area contributed by atoms with Gasteiger partial charge in [0.1, 0.15) is 12.0 Å². The molecule has 98 valence electrons. The normalized spacial score (nSPS) is 18.7. The van der Waals surface area contributed by atoms with E-state index in [1.807, 2.05) is 6.92 Å². The van der Waals surface area contributed by atoms with Crippen LogP contribution in [0.4, 0.5) is 11.5 Å². The van der Waals surface area contributed by atoms with Crippen molar-refractivity contribution >= 4 is 11.5 Å². The molecule has 0 atom stereocenters. The Bertz CT molecular complexity index is 464. The van der Waals surface area contributed by atoms with Gasteiger partial charge in [-0.15, -0.1) is 0 Å². The maximum absolute atomic E-state index is 10.7. The number of nitro groups is 1. The van der Waals surface area contributed by atoms with Gasteiger partial charge in [-0.1, -0.05) is 0 Å². The lowest BCUT2D eigenvalue weighted by Crippen LogP contribution is -2.42. The van der Waals surface area contributed by atoms with Crippen LogP contribution in [0, 0.1) is 17.0 Å². The number of aliphatic hydroxyl groups is 1. The van der Waals surface area contributed by atoms with E-state index in [1.54, 1.807) is 13.0 Å². The van der Waals surface area contributed by atoms with Crippen molar-refractivity contribution in [1.82, 2.24) is 4.98 Å². The molecular formula is C12H17N3O3. The first-order chi connectivity index (χ1) is 8.39. The number of anilines is 1. The molecular weight excluding hydrogens is 234 g/mol. The zero-order chi connectivity index (χ0) is 13.3. The lowest BCUT2D eigenvalue weighted by atomic mass is 9.94. The van der Waals surface area contributed by atoms with Crippen molar-refractivity contribution in [3.05, 3.63) is 27.9 Å². The molecule has 6 heteroatoms. The molecule has 1 N–H and O–H groups in total. The third kappa shape index (κ3) is 2.59. The first kappa shape index (κ1) is 12.8. The maximum Gasteiger partial charge on any atom is 0.290 e. The number of hydrogen-bond donors (Lipinski definition) is 1. The van der Waals surface area contributed by atoms with Crippen LogP contribution in [-0.2, 0) is 0 Å². The largest absolute Gasteiger partial charge is 0.390 e. The molecule has 2 rings (SSSR count). The molecule has 18 heavy (non-hydrogen) atoms. The van der Waals surface area contributed by atoms with Crippen molar-refractivity contribution in [3.8, 4) is 0 Å². The third-order valence-corrected chi connectivity index (χ3v) is 3.43. The highest BCUT2D eigenvalue weighted by Gasteiger charge is 2.28. The summed E-state index contributed by atoms with van der Waals surface area (Å²) in [4.78, 5) is 16.5. The molecule has 1 aliphatic rings. The number of nitrogens with zero attached hydrogens (tertiary/aromatic N) is 3. The van der Waals surface area contributed by atoms with Gasteiger partial charge in [0.05, 0.1) is 10.5 Å². The van der Waals surface area contributed by atoms with E-state index in [1.165, 1.54) is 6.20 Å². The molecule has 2 heterocycles. The fourth-order valence-electron chi connectivity index (χ4n) is 2.12. The minimum absolute atomic E-state index is 0.0442. The summed E-state index contributed by atoms with van der Waals surface area (Å²) in [5, 5.41) is 20.6. The molecule has 1 aromatic rings. The Balaban J connectivity index is 2.16. The second kappa shape index (κ2) is 4.53. The van der Waals surface area contributed by atoms with Gasteiger partial charge in [0.25, 0.3) is 5.69 Å². The van der Waals surface area contributed by atoms with Gasteiger partial charge in [-0.2, -0.15) is 0 Å². The van der Waals surface area contributed by atoms with Crippen LogP contribution < -0.4 is 4.90 Å². The summed E-state index contributed by atoms with van der Waals surface area (Å²) >= 11 is 0. The van der Waals surface area contributed by atoms with Crippen molar-refractivity contribution in [3.63, 3.8) is 0 Å². The van der Waals surface area contributed by atoms with E-state index >= 15 is 0 Å². The topological polar surface area (TPSA) is 79.5 Å². The SMILES string of the molecule is Cc1cc(N2CCC(C)(O)CC2)ncc1[N+](=O)[O-]. The number of piperidine rings is 1. The number of rotatable bonds is 2. The molecule has 0 aliphatic carbocycles. The lowest BCUT2D eigenvalue weighted by molar-refractivity contribution is -0.385. The Kier molecular flexibility index (Phi) is 3.21. The molecule has 1 aromatic heterocycles. The number of pyridine rings is 1. The lowest BCUT2D eigenvalue weighted by Gasteiger charge is -2.36. The Labute approximate surface area is 105 Å². The second-order valence-electron chi connectivity index (χ2n) is 5.07. The fraction of sp³-hybridized carbons (Fsp3) is 0.583. The Hall–Kier alpha value is -1.69. The molecule has 1 aliphatic heterocycles. The van der Waals surface area contributed by atoms with Crippen LogP contribution >= 0.6 is 0 Å². The third-order valence-electron chi connectivity index (χ3n) is 3.43. The quantitative estimate of drug-likeness (QED) is 0.638. The van der Waals surface area contributed by atoms with E-state index in [2.05, 4.69) is 9.88 Å². The highest BCUT2D eigenvalue weighted by Crippen LogP contribution is 2.27. The molecule has 6 nitrogen and oxygen atoms in total. The van der Waals surface area contributed by atoms with Crippen LogP contribution in [0.1, 0.15) is 25.3 Å². The number of hydrogen-bond acceptors (Lipinski definition) is 5. The monoisotopic (exact) mass is 251 g/mol. The van der Waals surface area contributed by atoms with E-state index in [4.69, 9.17) is 0 Å². The van der Waals surface area contributed by atoms with Crippen LogP contribution in [0.5, 0.6) is 0 Å². The molecule has 0 amide bonds. The summed E-state index contributed by atoms with van der Waals surface area (Å²) < 4.78 is 0. The zero-order valence-electron chi connectivity index (χ0n) is 10.6. The minimum atomic E-state index is -0.605. The molecule has 0 unspecified atom stereocenters. The Morgan fingerprint density at radius 1 is 1.50 bits per heavy atom. The molecule has 0 bridgehead atoms. The highest BCUT2D eigenvalue weighted by molar-refractivity contribution is 5.48. The minimum Gasteiger partial charge on any atom is -0.390 e. The summed E-state index contributed by atoms with van der Waals surface area (Å²) in [6.45, 7) is 4.98. The number of aromatic nitrogens is 1. The van der Waals surface area contributed by atoms with Gasteiger partial charge in [-0.05, 0) is 32.8 Å². The van der Waals surface area contributed by atoms with Crippen molar-refractivity contribution in [2.45, 2.75) is 32.3 Å². The molecule has 1 saturated heterocycles. The number of aryl methyl sites for hydroxylation is 1. The van der Waals surface area contributed by atoms with Crippen LogP contribution in [0.3, 0.4) is 0 Å². The van der Waals surface area contributed by atoms with Gasteiger partial charge in [0.15, 0.2) is 0 Å². The van der Waals surface area contributed by atoms with E-state index in [9.17, 15) is 15.2 Å². The van der Waals surface area contributed by atoms with Gasteiger partial charge < -0.3 is 10.0 Å². The Morgan fingerprint density at radius 2 is 2.11 bits per heavy atom. The van der Waals surface area contributed by atoms with Crippen molar-refractivity contribution < 1.29 is 10.0 Å². The predicted molar refractivity (Wildman–Crippen MR) is 67.7 cm³/mol. The first-order valence-corrected chi connectivity index (χ1v) is 5.97. The van der Waals surface area contributed by atoms with Gasteiger partial charge in [-0.25, -0.2) is 4.98 Å². The highest BCUT2D eigenvalue weighted by atomic mass is 16.6. The van der Waals surface area contributed by atoms with E-state index in [-0.39, 0.29) is 5.69 Å². The van der Waals surface area contributed by atoms with Crippen LogP contribution in [-0.4, -0.2) is 33.7 Å². The average Bonchev–Trinajstić information content (AvgIpc) is 2.28. The second-order valence-corrected chi connectivity index (χ2v) is 5.07. The standard InChI is InChI=1S/C12H17N3O3/c1-9-7-11(13-8-10(9)15(17)18)14-5-3-12(2,16)4-6-14/h7-8,16H,3-6H2,1-2H3. The predicted octanol–water partition coefficient (Wildman–Crippen LogP) is 1.65. The first-order valence-electron chi connectivity index (χ1n) is 5.97. The molecule has 0 aromatic carbocycles.